The van der Waals surface area contributed by atoms with Crippen LogP contribution in [0.25, 0.3) is 0 Å². The van der Waals surface area contributed by atoms with E-state index < -0.39 is 0 Å². The van der Waals surface area contributed by atoms with Gasteiger partial charge in [-0.15, -0.1) is 0 Å². The number of nitrogens with one attached hydrogen (secondary N) is 1. The quantitative estimate of drug-likeness (QED) is 0.791. The molecule has 0 bridgehead atoms. The summed E-state index contributed by atoms with van der Waals surface area (Å²) in [6.45, 7) is 2.68. The van der Waals surface area contributed by atoms with E-state index in [9.17, 15) is 0 Å². The topological polar surface area (TPSA) is 43.4 Å². The van der Waals surface area contributed by atoms with Gasteiger partial charge in [-0.1, -0.05) is 6.07 Å². The summed E-state index contributed by atoms with van der Waals surface area (Å²) in [6, 6.07) is 3.91. The van der Waals surface area contributed by atoms with Gasteiger partial charge in [-0.25, -0.2) is 4.98 Å². The average Bonchev–Trinajstić information content (AvgIpc) is 2.31. The maximum atomic E-state index is 5.62. The number of pyridine rings is 1. The van der Waals surface area contributed by atoms with Gasteiger partial charge in [-0.05, 0) is 5.56 Å². The number of morpholine rings is 1. The SMILES string of the molecule is COc1ccc(CC2CNCCO2)cn1. The molecule has 15 heavy (non-hydrogen) atoms. The highest BCUT2D eigenvalue weighted by Crippen LogP contribution is 2.10. The number of rotatable bonds is 3. The van der Waals surface area contributed by atoms with Crippen molar-refractivity contribution in [1.29, 1.82) is 0 Å². The molecule has 1 aliphatic rings. The largest absolute Gasteiger partial charge is 0.481 e. The Morgan fingerprint density at radius 2 is 2.53 bits per heavy atom. The molecule has 0 aromatic carbocycles. The molecule has 2 rings (SSSR count). The molecule has 0 saturated carbocycles. The van der Waals surface area contributed by atoms with Gasteiger partial charge in [0, 0.05) is 31.8 Å². The van der Waals surface area contributed by atoms with E-state index in [1.165, 1.54) is 5.56 Å². The summed E-state index contributed by atoms with van der Waals surface area (Å²) in [5, 5.41) is 3.31. The molecule has 82 valence electrons. The molecule has 0 radical (unpaired) electrons. The molecular formula is C11H16N2O2. The summed E-state index contributed by atoms with van der Waals surface area (Å²) in [7, 11) is 1.62. The first kappa shape index (κ1) is 10.4. The minimum atomic E-state index is 0.272. The Balaban J connectivity index is 1.91. The minimum Gasteiger partial charge on any atom is -0.481 e. The van der Waals surface area contributed by atoms with Gasteiger partial charge in [0.25, 0.3) is 0 Å². The summed E-state index contributed by atoms with van der Waals surface area (Å²) in [4.78, 5) is 4.16. The zero-order valence-corrected chi connectivity index (χ0v) is 8.90. The van der Waals surface area contributed by atoms with Crippen LogP contribution in [0.2, 0.25) is 0 Å². The smallest absolute Gasteiger partial charge is 0.212 e. The van der Waals surface area contributed by atoms with Crippen molar-refractivity contribution >= 4 is 0 Å². The van der Waals surface area contributed by atoms with Gasteiger partial charge >= 0.3 is 0 Å². The van der Waals surface area contributed by atoms with Crippen LogP contribution < -0.4 is 10.1 Å². The molecule has 0 amide bonds. The van der Waals surface area contributed by atoms with Crippen LogP contribution in [0.3, 0.4) is 0 Å². The highest BCUT2D eigenvalue weighted by molar-refractivity contribution is 5.18. The third kappa shape index (κ3) is 2.91. The highest BCUT2D eigenvalue weighted by Gasteiger charge is 2.13. The third-order valence-electron chi connectivity index (χ3n) is 2.47. The second-order valence-electron chi connectivity index (χ2n) is 3.61. The molecule has 4 nitrogen and oxygen atoms in total. The van der Waals surface area contributed by atoms with Gasteiger partial charge in [-0.2, -0.15) is 0 Å². The number of ether oxygens (including phenoxy) is 2. The van der Waals surface area contributed by atoms with Crippen LogP contribution in [-0.4, -0.2) is 37.9 Å². The lowest BCUT2D eigenvalue weighted by Gasteiger charge is -2.23. The van der Waals surface area contributed by atoms with E-state index >= 15 is 0 Å². The second-order valence-corrected chi connectivity index (χ2v) is 3.61. The first-order valence-corrected chi connectivity index (χ1v) is 5.20. The molecule has 1 aromatic heterocycles. The minimum absolute atomic E-state index is 0.272. The van der Waals surface area contributed by atoms with E-state index in [-0.39, 0.29) is 6.10 Å². The van der Waals surface area contributed by atoms with E-state index in [4.69, 9.17) is 9.47 Å². The van der Waals surface area contributed by atoms with Crippen LogP contribution in [-0.2, 0) is 11.2 Å². The Kier molecular flexibility index (Phi) is 3.53. The van der Waals surface area contributed by atoms with Crippen molar-refractivity contribution in [3.63, 3.8) is 0 Å². The predicted octanol–water partition coefficient (Wildman–Crippen LogP) is 0.621. The fraction of sp³-hybridized carbons (Fsp3) is 0.545. The summed E-state index contributed by atoms with van der Waals surface area (Å²) in [6.07, 6.45) is 3.02. The summed E-state index contributed by atoms with van der Waals surface area (Å²) in [5.74, 6) is 0.654. The van der Waals surface area contributed by atoms with E-state index in [0.29, 0.717) is 5.88 Å². The molecule has 1 N–H and O–H groups in total. The zero-order chi connectivity index (χ0) is 10.5. The second kappa shape index (κ2) is 5.09. The molecule has 4 heteroatoms. The van der Waals surface area contributed by atoms with Crippen molar-refractivity contribution in [2.45, 2.75) is 12.5 Å². The molecule has 1 fully saturated rings. The van der Waals surface area contributed by atoms with Crippen molar-refractivity contribution in [1.82, 2.24) is 10.3 Å². The lowest BCUT2D eigenvalue weighted by atomic mass is 10.1. The molecule has 1 saturated heterocycles. The standard InChI is InChI=1S/C11H16N2O2/c1-14-11-3-2-9(7-13-11)6-10-8-12-4-5-15-10/h2-3,7,10,12H,4-6,8H2,1H3. The van der Waals surface area contributed by atoms with Crippen molar-refractivity contribution in [3.05, 3.63) is 23.9 Å². The van der Waals surface area contributed by atoms with E-state index in [0.717, 1.165) is 26.1 Å². The Morgan fingerprint density at radius 1 is 1.60 bits per heavy atom. The van der Waals surface area contributed by atoms with E-state index in [2.05, 4.69) is 10.3 Å². The fourth-order valence-corrected chi connectivity index (χ4v) is 1.67. The molecule has 2 heterocycles. The first-order valence-electron chi connectivity index (χ1n) is 5.20. The maximum Gasteiger partial charge on any atom is 0.212 e. The normalized spacial score (nSPS) is 21.3. The van der Waals surface area contributed by atoms with Crippen molar-refractivity contribution < 1.29 is 9.47 Å². The summed E-state index contributed by atoms with van der Waals surface area (Å²) >= 11 is 0. The van der Waals surface area contributed by atoms with Crippen LogP contribution in [0.1, 0.15) is 5.56 Å². The van der Waals surface area contributed by atoms with Crippen LogP contribution in [0.5, 0.6) is 5.88 Å². The van der Waals surface area contributed by atoms with Crippen LogP contribution in [0.4, 0.5) is 0 Å². The maximum absolute atomic E-state index is 5.62. The number of methoxy groups -OCH3 is 1. The fourth-order valence-electron chi connectivity index (χ4n) is 1.67. The van der Waals surface area contributed by atoms with Crippen LogP contribution >= 0.6 is 0 Å². The molecule has 1 aliphatic heterocycles. The lowest BCUT2D eigenvalue weighted by Crippen LogP contribution is -2.39. The molecular weight excluding hydrogens is 192 g/mol. The highest BCUT2D eigenvalue weighted by atomic mass is 16.5. The van der Waals surface area contributed by atoms with Gasteiger partial charge in [-0.3, -0.25) is 0 Å². The number of hydrogen-bond acceptors (Lipinski definition) is 4. The summed E-state index contributed by atoms with van der Waals surface area (Å²) < 4.78 is 10.6. The zero-order valence-electron chi connectivity index (χ0n) is 8.90. The molecule has 0 spiro atoms. The van der Waals surface area contributed by atoms with Gasteiger partial charge in [0.2, 0.25) is 5.88 Å². The molecule has 1 atom stereocenters. The van der Waals surface area contributed by atoms with Crippen LogP contribution in [0.15, 0.2) is 18.3 Å². The Bertz CT molecular complexity index is 294. The average molecular weight is 208 g/mol. The van der Waals surface area contributed by atoms with Crippen molar-refractivity contribution in [2.75, 3.05) is 26.8 Å². The number of hydrogen-bond donors (Lipinski definition) is 1. The monoisotopic (exact) mass is 208 g/mol. The molecule has 0 aliphatic carbocycles. The van der Waals surface area contributed by atoms with E-state index in [1.807, 2.05) is 18.3 Å². The summed E-state index contributed by atoms with van der Waals surface area (Å²) in [5.41, 5.74) is 1.18. The van der Waals surface area contributed by atoms with Gasteiger partial charge < -0.3 is 14.8 Å². The van der Waals surface area contributed by atoms with Gasteiger partial charge in [0.05, 0.1) is 19.8 Å². The Hall–Kier alpha value is -1.13. The number of nitrogens with zero attached hydrogens (tertiary/aromatic N) is 1. The molecule has 1 aromatic rings. The number of aromatic nitrogens is 1. The predicted molar refractivity (Wildman–Crippen MR) is 57.1 cm³/mol. The third-order valence-corrected chi connectivity index (χ3v) is 2.47. The molecule has 1 unspecified atom stereocenters. The lowest BCUT2D eigenvalue weighted by molar-refractivity contribution is 0.0292. The van der Waals surface area contributed by atoms with Gasteiger partial charge in [0.1, 0.15) is 0 Å². The Morgan fingerprint density at radius 3 is 3.13 bits per heavy atom. The first-order chi connectivity index (χ1) is 7.38. The van der Waals surface area contributed by atoms with Crippen molar-refractivity contribution in [2.24, 2.45) is 0 Å². The van der Waals surface area contributed by atoms with Crippen molar-refractivity contribution in [3.8, 4) is 5.88 Å². The Labute approximate surface area is 89.6 Å². The van der Waals surface area contributed by atoms with E-state index in [1.54, 1.807) is 7.11 Å². The van der Waals surface area contributed by atoms with Gasteiger partial charge in [0.15, 0.2) is 0 Å². The van der Waals surface area contributed by atoms with Crippen LogP contribution in [0, 0.1) is 0 Å².